The zero-order chi connectivity index (χ0) is 22.6. The van der Waals surface area contributed by atoms with Gasteiger partial charge in [-0.2, -0.15) is 0 Å². The van der Waals surface area contributed by atoms with Gasteiger partial charge in [-0.3, -0.25) is 0 Å². The van der Waals surface area contributed by atoms with Gasteiger partial charge in [0.2, 0.25) is 0 Å². The van der Waals surface area contributed by atoms with Crippen molar-refractivity contribution in [3.8, 4) is 5.75 Å². The first-order valence-electron chi connectivity index (χ1n) is 11.4. The molecule has 2 aromatic carbocycles. The molecule has 0 saturated carbocycles. The van der Waals surface area contributed by atoms with Crippen molar-refractivity contribution < 1.29 is 5.11 Å². The van der Waals surface area contributed by atoms with Gasteiger partial charge in [0.15, 0.2) is 0 Å². The van der Waals surface area contributed by atoms with Gasteiger partial charge in [0.05, 0.1) is 0 Å². The fraction of sp³-hybridized carbons (Fsp3) is 0.517. The quantitative estimate of drug-likeness (QED) is 0.547. The summed E-state index contributed by atoms with van der Waals surface area (Å²) in [6.07, 6.45) is 2.13. The van der Waals surface area contributed by atoms with Crippen LogP contribution < -0.4 is 0 Å². The molecule has 0 heterocycles. The van der Waals surface area contributed by atoms with E-state index >= 15 is 0 Å². The molecule has 3 rings (SSSR count). The summed E-state index contributed by atoms with van der Waals surface area (Å²) in [6.45, 7) is 22.2. The lowest BCUT2D eigenvalue weighted by atomic mass is 9.77. The van der Waals surface area contributed by atoms with Gasteiger partial charge < -0.3 is 5.11 Å². The van der Waals surface area contributed by atoms with Gasteiger partial charge in [0.25, 0.3) is 0 Å². The number of hydrogen-bond acceptors (Lipinski definition) is 1. The second-order valence-corrected chi connectivity index (χ2v) is 11.4. The normalized spacial score (nSPS) is 16.9. The third-order valence-corrected chi connectivity index (χ3v) is 7.14. The van der Waals surface area contributed by atoms with Gasteiger partial charge >= 0.3 is 0 Å². The highest BCUT2D eigenvalue weighted by Crippen LogP contribution is 2.46. The van der Waals surface area contributed by atoms with Crippen LogP contribution in [0.5, 0.6) is 5.75 Å². The number of allylic oxidation sites excluding steroid dienone is 2. The molecule has 1 unspecified atom stereocenters. The second kappa shape index (κ2) is 7.59. The molecule has 1 nitrogen and oxygen atoms in total. The minimum absolute atomic E-state index is 0.0822. The maximum atomic E-state index is 11.0. The summed E-state index contributed by atoms with van der Waals surface area (Å²) in [5.74, 6) is 0.965. The van der Waals surface area contributed by atoms with Crippen molar-refractivity contribution in [2.75, 3.05) is 0 Å². The van der Waals surface area contributed by atoms with Crippen molar-refractivity contribution in [1.82, 2.24) is 0 Å². The molecular formula is C29H40O. The monoisotopic (exact) mass is 404 g/mol. The molecule has 0 spiro atoms. The number of hydrogen-bond donors (Lipinski definition) is 1. The maximum absolute atomic E-state index is 11.0. The van der Waals surface area contributed by atoms with Crippen LogP contribution >= 0.6 is 0 Å². The molecule has 30 heavy (non-hydrogen) atoms. The van der Waals surface area contributed by atoms with E-state index in [-0.39, 0.29) is 10.8 Å². The maximum Gasteiger partial charge on any atom is 0.123 e. The highest BCUT2D eigenvalue weighted by atomic mass is 16.3. The van der Waals surface area contributed by atoms with Crippen LogP contribution in [0.3, 0.4) is 0 Å². The third kappa shape index (κ3) is 3.96. The number of benzene rings is 2. The summed E-state index contributed by atoms with van der Waals surface area (Å²) in [5.41, 5.74) is 12.1. The molecule has 1 aliphatic rings. The highest BCUT2D eigenvalue weighted by Gasteiger charge is 2.29. The zero-order valence-corrected chi connectivity index (χ0v) is 20.7. The predicted molar refractivity (Wildman–Crippen MR) is 131 cm³/mol. The molecule has 1 aliphatic carbocycles. The van der Waals surface area contributed by atoms with E-state index in [0.717, 1.165) is 24.0 Å². The molecule has 0 fully saturated rings. The number of fused-ring (bicyclic) bond motifs is 1. The Morgan fingerprint density at radius 3 is 1.87 bits per heavy atom. The second-order valence-electron chi connectivity index (χ2n) is 11.4. The Bertz CT molecular complexity index is 971. The Labute approximate surface area is 184 Å². The van der Waals surface area contributed by atoms with Crippen molar-refractivity contribution in [1.29, 1.82) is 0 Å². The number of aryl methyl sites for hydroxylation is 2. The number of phenols is 1. The van der Waals surface area contributed by atoms with Gasteiger partial charge in [0, 0.05) is 5.92 Å². The molecule has 1 atom stereocenters. The average Bonchev–Trinajstić information content (AvgIpc) is 2.86. The van der Waals surface area contributed by atoms with Crippen LogP contribution in [0.25, 0.3) is 5.57 Å². The van der Waals surface area contributed by atoms with Gasteiger partial charge in [-0.1, -0.05) is 71.4 Å². The van der Waals surface area contributed by atoms with E-state index in [0.29, 0.717) is 11.7 Å². The van der Waals surface area contributed by atoms with E-state index in [4.69, 9.17) is 0 Å². The molecule has 162 valence electrons. The van der Waals surface area contributed by atoms with Crippen LogP contribution in [0.2, 0.25) is 0 Å². The van der Waals surface area contributed by atoms with Gasteiger partial charge in [0.1, 0.15) is 5.75 Å². The van der Waals surface area contributed by atoms with E-state index in [1.807, 2.05) is 0 Å². The average molecular weight is 405 g/mol. The third-order valence-electron chi connectivity index (χ3n) is 7.14. The summed E-state index contributed by atoms with van der Waals surface area (Å²) < 4.78 is 0. The Hall–Kier alpha value is -2.02. The molecule has 1 N–H and O–H groups in total. The SMILES string of the molecule is CC1=C(C)C(CCc2cc(C(C)(C)C)c(O)c(C(C)(C)C)c2)c2ccc(C)c(C)c21. The molecule has 0 radical (unpaired) electrons. The lowest BCUT2D eigenvalue weighted by Crippen LogP contribution is -2.18. The van der Waals surface area contributed by atoms with E-state index < -0.39 is 0 Å². The van der Waals surface area contributed by atoms with E-state index in [2.05, 4.69) is 93.5 Å². The minimum atomic E-state index is -0.0822. The number of rotatable bonds is 3. The first-order chi connectivity index (χ1) is 13.7. The van der Waals surface area contributed by atoms with Crippen LogP contribution in [-0.4, -0.2) is 5.11 Å². The van der Waals surface area contributed by atoms with Crippen LogP contribution in [0, 0.1) is 13.8 Å². The molecule has 0 saturated heterocycles. The topological polar surface area (TPSA) is 20.2 Å². The Kier molecular flexibility index (Phi) is 5.73. The summed E-state index contributed by atoms with van der Waals surface area (Å²) >= 11 is 0. The zero-order valence-electron chi connectivity index (χ0n) is 20.7. The van der Waals surface area contributed by atoms with Crippen LogP contribution in [0.15, 0.2) is 29.8 Å². The smallest absolute Gasteiger partial charge is 0.123 e. The first kappa shape index (κ1) is 22.7. The summed E-state index contributed by atoms with van der Waals surface area (Å²) in [7, 11) is 0. The Balaban J connectivity index is 1.99. The molecule has 2 aromatic rings. The molecule has 0 aromatic heterocycles. The minimum Gasteiger partial charge on any atom is -0.507 e. The lowest BCUT2D eigenvalue weighted by Gasteiger charge is -2.28. The van der Waals surface area contributed by atoms with Crippen LogP contribution in [-0.2, 0) is 17.3 Å². The first-order valence-corrected chi connectivity index (χ1v) is 11.4. The summed E-state index contributed by atoms with van der Waals surface area (Å²) in [6, 6.07) is 9.11. The number of aromatic hydroxyl groups is 1. The molecule has 0 aliphatic heterocycles. The summed E-state index contributed by atoms with van der Waals surface area (Å²) in [4.78, 5) is 0. The molecule has 0 amide bonds. The van der Waals surface area contributed by atoms with Gasteiger partial charge in [-0.15, -0.1) is 0 Å². The van der Waals surface area contributed by atoms with Crippen molar-refractivity contribution in [3.63, 3.8) is 0 Å². The lowest BCUT2D eigenvalue weighted by molar-refractivity contribution is 0.422. The standard InChI is InChI=1S/C29H40O/c1-17-11-13-23-22(19(3)20(4)26(23)18(17)2)14-12-21-15-24(28(5,6)7)27(30)25(16-21)29(8,9)10/h11,13,15-16,22,30H,12,14H2,1-10H3. The van der Waals surface area contributed by atoms with Gasteiger partial charge in [-0.05, 0) is 95.9 Å². The van der Waals surface area contributed by atoms with Crippen LogP contribution in [0.4, 0.5) is 0 Å². The van der Waals surface area contributed by atoms with Crippen LogP contribution in [0.1, 0.15) is 107 Å². The fourth-order valence-corrected chi connectivity index (χ4v) is 4.98. The Morgan fingerprint density at radius 2 is 1.37 bits per heavy atom. The van der Waals surface area contributed by atoms with Gasteiger partial charge in [-0.25, -0.2) is 0 Å². The van der Waals surface area contributed by atoms with E-state index in [9.17, 15) is 5.11 Å². The summed E-state index contributed by atoms with van der Waals surface area (Å²) in [5, 5.41) is 11.0. The van der Waals surface area contributed by atoms with Crippen molar-refractivity contribution in [2.24, 2.45) is 0 Å². The largest absolute Gasteiger partial charge is 0.507 e. The van der Waals surface area contributed by atoms with Crippen molar-refractivity contribution in [3.05, 3.63) is 68.8 Å². The van der Waals surface area contributed by atoms with Crippen molar-refractivity contribution in [2.45, 2.75) is 98.8 Å². The van der Waals surface area contributed by atoms with Crippen molar-refractivity contribution >= 4 is 5.57 Å². The Morgan fingerprint density at radius 1 is 0.833 bits per heavy atom. The predicted octanol–water partition coefficient (Wildman–Crippen LogP) is 8.13. The van der Waals surface area contributed by atoms with E-state index in [1.54, 1.807) is 0 Å². The molecule has 1 heteroatoms. The number of phenolic OH excluding ortho intramolecular Hbond substituents is 1. The fourth-order valence-electron chi connectivity index (χ4n) is 4.98. The molecular weight excluding hydrogens is 364 g/mol. The molecule has 0 bridgehead atoms. The highest BCUT2D eigenvalue weighted by molar-refractivity contribution is 5.79. The van der Waals surface area contributed by atoms with E-state index in [1.165, 1.54) is 39.0 Å².